The van der Waals surface area contributed by atoms with E-state index >= 15 is 0 Å². The van der Waals surface area contributed by atoms with Crippen molar-refractivity contribution in [3.8, 4) is 10.6 Å². The van der Waals surface area contributed by atoms with Crippen LogP contribution >= 0.6 is 11.3 Å². The van der Waals surface area contributed by atoms with Gasteiger partial charge in [0.05, 0.1) is 12.2 Å². The van der Waals surface area contributed by atoms with Crippen molar-refractivity contribution in [2.45, 2.75) is 26.4 Å². The van der Waals surface area contributed by atoms with E-state index in [1.54, 1.807) is 12.1 Å². The van der Waals surface area contributed by atoms with Crippen LogP contribution in [0.4, 0.5) is 10.5 Å². The maximum atomic E-state index is 12.6. The number of thiazole rings is 1. The second-order valence-electron chi connectivity index (χ2n) is 6.91. The molecule has 1 atom stereocenters. The zero-order chi connectivity index (χ0) is 20.6. The Labute approximate surface area is 174 Å². The number of nitrogens with zero attached hydrogens (tertiary/aromatic N) is 1. The SMILES string of the molecule is CC(C)C(NC(=O)Nc1ccccc1)C(=O)NCc1csc(-c2ccccc2)n1. The molecule has 0 saturated carbocycles. The van der Waals surface area contributed by atoms with Crippen molar-refractivity contribution < 1.29 is 9.59 Å². The molecule has 1 heterocycles. The molecule has 0 spiro atoms. The third-order valence-electron chi connectivity index (χ3n) is 4.28. The van der Waals surface area contributed by atoms with Crippen LogP contribution in [-0.2, 0) is 11.3 Å². The highest BCUT2D eigenvalue weighted by atomic mass is 32.1. The van der Waals surface area contributed by atoms with Crippen molar-refractivity contribution in [1.82, 2.24) is 15.6 Å². The Bertz CT molecular complexity index is 942. The Morgan fingerprint density at radius 3 is 2.31 bits per heavy atom. The molecule has 0 aliphatic carbocycles. The van der Waals surface area contributed by atoms with Gasteiger partial charge >= 0.3 is 6.03 Å². The van der Waals surface area contributed by atoms with Crippen LogP contribution in [0.1, 0.15) is 19.5 Å². The molecule has 150 valence electrons. The summed E-state index contributed by atoms with van der Waals surface area (Å²) in [5.74, 6) is -0.302. The second-order valence-corrected chi connectivity index (χ2v) is 7.77. The van der Waals surface area contributed by atoms with E-state index in [0.717, 1.165) is 16.3 Å². The lowest BCUT2D eigenvalue weighted by Gasteiger charge is -2.21. The number of nitrogens with one attached hydrogen (secondary N) is 3. The van der Waals surface area contributed by atoms with Gasteiger partial charge in [0.25, 0.3) is 0 Å². The molecule has 3 aromatic rings. The topological polar surface area (TPSA) is 83.1 Å². The van der Waals surface area contributed by atoms with Gasteiger partial charge in [0.2, 0.25) is 5.91 Å². The lowest BCUT2D eigenvalue weighted by Crippen LogP contribution is -2.50. The van der Waals surface area contributed by atoms with E-state index in [0.29, 0.717) is 12.2 Å². The summed E-state index contributed by atoms with van der Waals surface area (Å²) in [5, 5.41) is 11.2. The zero-order valence-electron chi connectivity index (χ0n) is 16.4. The largest absolute Gasteiger partial charge is 0.349 e. The molecule has 3 amide bonds. The fraction of sp³-hybridized carbons (Fsp3) is 0.227. The van der Waals surface area contributed by atoms with Crippen molar-refractivity contribution in [3.05, 3.63) is 71.7 Å². The van der Waals surface area contributed by atoms with Crippen molar-refractivity contribution in [2.75, 3.05) is 5.32 Å². The number of aromatic nitrogens is 1. The average Bonchev–Trinajstić information content (AvgIpc) is 3.20. The first-order valence-electron chi connectivity index (χ1n) is 9.43. The summed E-state index contributed by atoms with van der Waals surface area (Å²) in [5.41, 5.74) is 2.51. The molecule has 3 N–H and O–H groups in total. The predicted molar refractivity (Wildman–Crippen MR) is 117 cm³/mol. The molecule has 7 heteroatoms. The second kappa shape index (κ2) is 9.84. The van der Waals surface area contributed by atoms with Crippen molar-refractivity contribution in [3.63, 3.8) is 0 Å². The predicted octanol–water partition coefficient (Wildman–Crippen LogP) is 4.27. The number of urea groups is 1. The van der Waals surface area contributed by atoms with Crippen LogP contribution in [0.5, 0.6) is 0 Å². The van der Waals surface area contributed by atoms with E-state index in [2.05, 4.69) is 20.9 Å². The quantitative estimate of drug-likeness (QED) is 0.546. The molecular formula is C22H24N4O2S. The number of para-hydroxylation sites is 1. The minimum absolute atomic E-state index is 0.0631. The molecule has 2 aromatic carbocycles. The maximum Gasteiger partial charge on any atom is 0.319 e. The highest BCUT2D eigenvalue weighted by Crippen LogP contribution is 2.23. The number of hydrogen-bond donors (Lipinski definition) is 3. The van der Waals surface area contributed by atoms with E-state index in [1.807, 2.05) is 67.8 Å². The van der Waals surface area contributed by atoms with Gasteiger partial charge in [-0.05, 0) is 18.1 Å². The molecule has 3 rings (SSSR count). The van der Waals surface area contributed by atoms with Crippen LogP contribution in [0.3, 0.4) is 0 Å². The van der Waals surface area contributed by atoms with Crippen LogP contribution in [0.2, 0.25) is 0 Å². The van der Waals surface area contributed by atoms with Gasteiger partial charge in [-0.1, -0.05) is 62.4 Å². The molecule has 1 aromatic heterocycles. The normalized spacial score (nSPS) is 11.7. The fourth-order valence-electron chi connectivity index (χ4n) is 2.75. The lowest BCUT2D eigenvalue weighted by atomic mass is 10.0. The monoisotopic (exact) mass is 408 g/mol. The highest BCUT2D eigenvalue weighted by molar-refractivity contribution is 7.13. The van der Waals surface area contributed by atoms with Gasteiger partial charge in [-0.2, -0.15) is 0 Å². The molecule has 0 bridgehead atoms. The number of carbonyl (C=O) groups is 2. The van der Waals surface area contributed by atoms with Gasteiger partial charge in [0.15, 0.2) is 0 Å². The van der Waals surface area contributed by atoms with E-state index in [1.165, 1.54) is 11.3 Å². The number of benzene rings is 2. The van der Waals surface area contributed by atoms with Crippen molar-refractivity contribution in [1.29, 1.82) is 0 Å². The van der Waals surface area contributed by atoms with Crippen molar-refractivity contribution in [2.24, 2.45) is 5.92 Å². The van der Waals surface area contributed by atoms with Crippen LogP contribution in [-0.4, -0.2) is 23.0 Å². The molecule has 0 saturated heterocycles. The van der Waals surface area contributed by atoms with E-state index in [9.17, 15) is 9.59 Å². The Morgan fingerprint density at radius 2 is 1.66 bits per heavy atom. The number of anilines is 1. The first-order valence-corrected chi connectivity index (χ1v) is 10.3. The van der Waals surface area contributed by atoms with Crippen LogP contribution < -0.4 is 16.0 Å². The minimum Gasteiger partial charge on any atom is -0.349 e. The van der Waals surface area contributed by atoms with Gasteiger partial charge < -0.3 is 16.0 Å². The molecule has 29 heavy (non-hydrogen) atoms. The van der Waals surface area contributed by atoms with Crippen molar-refractivity contribution >= 4 is 29.0 Å². The van der Waals surface area contributed by atoms with Gasteiger partial charge in [0.1, 0.15) is 11.0 Å². The number of rotatable bonds is 7. The average molecular weight is 409 g/mol. The molecule has 6 nitrogen and oxygen atoms in total. The van der Waals surface area contributed by atoms with Gasteiger partial charge in [0, 0.05) is 16.6 Å². The maximum absolute atomic E-state index is 12.6. The lowest BCUT2D eigenvalue weighted by molar-refractivity contribution is -0.124. The third kappa shape index (κ3) is 5.89. The zero-order valence-corrected chi connectivity index (χ0v) is 17.2. The van der Waals surface area contributed by atoms with Gasteiger partial charge in [-0.15, -0.1) is 11.3 Å². The van der Waals surface area contributed by atoms with Gasteiger partial charge in [-0.3, -0.25) is 4.79 Å². The molecule has 1 unspecified atom stereocenters. The third-order valence-corrected chi connectivity index (χ3v) is 5.22. The summed E-state index contributed by atoms with van der Waals surface area (Å²) in [6, 6.07) is 18.0. The number of amides is 3. The summed E-state index contributed by atoms with van der Waals surface area (Å²) in [7, 11) is 0. The smallest absolute Gasteiger partial charge is 0.319 e. The van der Waals surface area contributed by atoms with Crippen LogP contribution in [0.25, 0.3) is 10.6 Å². The molecular weight excluding hydrogens is 384 g/mol. The van der Waals surface area contributed by atoms with E-state index in [-0.39, 0.29) is 11.8 Å². The molecule has 0 radical (unpaired) electrons. The van der Waals surface area contributed by atoms with Crippen LogP contribution in [0, 0.1) is 5.92 Å². The number of carbonyl (C=O) groups excluding carboxylic acids is 2. The summed E-state index contributed by atoms with van der Waals surface area (Å²) < 4.78 is 0. The Hall–Kier alpha value is -3.19. The Kier molecular flexibility index (Phi) is 6.97. The first kappa shape index (κ1) is 20.5. The van der Waals surface area contributed by atoms with E-state index < -0.39 is 12.1 Å². The summed E-state index contributed by atoms with van der Waals surface area (Å²) >= 11 is 1.54. The van der Waals surface area contributed by atoms with Gasteiger partial charge in [-0.25, -0.2) is 9.78 Å². The molecule has 0 fully saturated rings. The minimum atomic E-state index is -0.647. The summed E-state index contributed by atoms with van der Waals surface area (Å²) in [6.45, 7) is 4.10. The number of hydrogen-bond acceptors (Lipinski definition) is 4. The van der Waals surface area contributed by atoms with Crippen LogP contribution in [0.15, 0.2) is 66.0 Å². The Morgan fingerprint density at radius 1 is 1.00 bits per heavy atom. The standard InChI is InChI=1S/C22H24N4O2S/c1-15(2)19(26-22(28)25-17-11-7-4-8-12-17)20(27)23-13-18-14-29-21(24-18)16-9-5-3-6-10-16/h3-12,14-15,19H,13H2,1-2H3,(H,23,27)(H2,25,26,28). The molecule has 0 aliphatic rings. The first-order chi connectivity index (χ1) is 14.0. The fourth-order valence-corrected chi connectivity index (χ4v) is 3.58. The highest BCUT2D eigenvalue weighted by Gasteiger charge is 2.24. The summed E-state index contributed by atoms with van der Waals surface area (Å²) in [4.78, 5) is 29.5. The summed E-state index contributed by atoms with van der Waals surface area (Å²) in [6.07, 6.45) is 0. The molecule has 0 aliphatic heterocycles. The Balaban J connectivity index is 1.56. The van der Waals surface area contributed by atoms with E-state index in [4.69, 9.17) is 0 Å².